The lowest BCUT2D eigenvalue weighted by Gasteiger charge is -2.09. The van der Waals surface area contributed by atoms with Gasteiger partial charge in [0.15, 0.2) is 0 Å². The summed E-state index contributed by atoms with van der Waals surface area (Å²) in [5.74, 6) is 0.254. The van der Waals surface area contributed by atoms with Crippen LogP contribution < -0.4 is 5.32 Å². The smallest absolute Gasteiger partial charge is 0.228 e. The summed E-state index contributed by atoms with van der Waals surface area (Å²) in [5, 5.41) is 3.74. The Balaban J connectivity index is 2.08. The van der Waals surface area contributed by atoms with Gasteiger partial charge in [-0.2, -0.15) is 0 Å². The van der Waals surface area contributed by atoms with Gasteiger partial charge in [0.1, 0.15) is 0 Å². The second kappa shape index (κ2) is 7.77. The van der Waals surface area contributed by atoms with Crippen molar-refractivity contribution >= 4 is 45.6 Å². The topological polar surface area (TPSA) is 46.2 Å². The van der Waals surface area contributed by atoms with E-state index in [2.05, 4.69) is 5.32 Å². The van der Waals surface area contributed by atoms with Gasteiger partial charge in [0.25, 0.3) is 0 Å². The zero-order valence-electron chi connectivity index (χ0n) is 11.9. The molecule has 3 nitrogen and oxygen atoms in total. The zero-order chi connectivity index (χ0) is 16.1. The van der Waals surface area contributed by atoms with Gasteiger partial charge in [0.05, 0.1) is 6.42 Å². The number of hydrogen-bond donors (Lipinski definition) is 1. The van der Waals surface area contributed by atoms with Crippen molar-refractivity contribution in [3.05, 3.63) is 63.6 Å². The molecule has 116 valence electrons. The van der Waals surface area contributed by atoms with Crippen molar-refractivity contribution in [2.24, 2.45) is 0 Å². The minimum absolute atomic E-state index is 0.0996. The van der Waals surface area contributed by atoms with Gasteiger partial charge in [0.2, 0.25) is 5.91 Å². The molecule has 2 rings (SSSR count). The molecule has 0 bridgehead atoms. The fourth-order valence-corrected chi connectivity index (χ4v) is 3.22. The van der Waals surface area contributed by atoms with Crippen molar-refractivity contribution in [3.8, 4) is 0 Å². The van der Waals surface area contributed by atoms with Crippen LogP contribution in [0.2, 0.25) is 10.0 Å². The Hall–Kier alpha value is -1.36. The van der Waals surface area contributed by atoms with Crippen LogP contribution in [0, 0.1) is 0 Å². The number of nitrogens with one attached hydrogen (secondary N) is 1. The van der Waals surface area contributed by atoms with Crippen molar-refractivity contribution < 1.29 is 9.00 Å². The predicted octanol–water partition coefficient (Wildman–Crippen LogP) is 4.05. The SMILES string of the molecule is CS(=O)Cc1cccc(NC(=O)Cc2c(Cl)cccc2Cl)c1. The third-order valence-electron chi connectivity index (χ3n) is 2.98. The molecule has 0 aliphatic heterocycles. The lowest BCUT2D eigenvalue weighted by atomic mass is 10.1. The normalized spacial score (nSPS) is 12.0. The van der Waals surface area contributed by atoms with Crippen LogP contribution in [0.25, 0.3) is 0 Å². The second-order valence-corrected chi connectivity index (χ2v) is 7.09. The first-order chi connectivity index (χ1) is 10.5. The average molecular weight is 356 g/mol. The molecule has 1 amide bonds. The maximum absolute atomic E-state index is 12.1. The molecule has 0 heterocycles. The van der Waals surface area contributed by atoms with E-state index in [1.807, 2.05) is 18.2 Å². The second-order valence-electron chi connectivity index (χ2n) is 4.84. The minimum atomic E-state index is -0.923. The summed E-state index contributed by atoms with van der Waals surface area (Å²) in [6.07, 6.45) is 1.74. The molecule has 1 unspecified atom stereocenters. The van der Waals surface area contributed by atoms with E-state index in [9.17, 15) is 9.00 Å². The molecule has 2 aromatic rings. The third-order valence-corrected chi connectivity index (χ3v) is 4.43. The monoisotopic (exact) mass is 355 g/mol. The summed E-state index contributed by atoms with van der Waals surface area (Å²) in [5.41, 5.74) is 2.18. The van der Waals surface area contributed by atoms with Gasteiger partial charge < -0.3 is 5.32 Å². The minimum Gasteiger partial charge on any atom is -0.326 e. The van der Waals surface area contributed by atoms with Crippen molar-refractivity contribution in [3.63, 3.8) is 0 Å². The highest BCUT2D eigenvalue weighted by Crippen LogP contribution is 2.25. The van der Waals surface area contributed by atoms with Gasteiger partial charge in [-0.1, -0.05) is 41.4 Å². The van der Waals surface area contributed by atoms with Crippen molar-refractivity contribution in [1.82, 2.24) is 0 Å². The summed E-state index contributed by atoms with van der Waals surface area (Å²) in [6.45, 7) is 0. The first-order valence-corrected chi connectivity index (χ1v) is 9.05. The van der Waals surface area contributed by atoms with E-state index in [1.54, 1.807) is 30.5 Å². The summed E-state index contributed by atoms with van der Waals surface area (Å²) < 4.78 is 11.3. The highest BCUT2D eigenvalue weighted by atomic mass is 35.5. The lowest BCUT2D eigenvalue weighted by Crippen LogP contribution is -2.15. The van der Waals surface area contributed by atoms with E-state index in [4.69, 9.17) is 23.2 Å². The molecule has 0 saturated heterocycles. The van der Waals surface area contributed by atoms with Crippen molar-refractivity contribution in [2.75, 3.05) is 11.6 Å². The van der Waals surface area contributed by atoms with Crippen LogP contribution in [0.4, 0.5) is 5.69 Å². The van der Waals surface area contributed by atoms with Gasteiger partial charge in [-0.05, 0) is 35.4 Å². The first kappa shape index (κ1) is 17.0. The summed E-state index contributed by atoms with van der Waals surface area (Å²) in [7, 11) is -0.923. The van der Waals surface area contributed by atoms with Crippen LogP contribution in [-0.4, -0.2) is 16.4 Å². The number of hydrogen-bond acceptors (Lipinski definition) is 2. The maximum atomic E-state index is 12.1. The van der Waals surface area contributed by atoms with E-state index in [1.165, 1.54) is 0 Å². The summed E-state index contributed by atoms with van der Waals surface area (Å²) in [4.78, 5) is 12.1. The number of carbonyl (C=O) groups is 1. The fourth-order valence-electron chi connectivity index (χ4n) is 2.04. The summed E-state index contributed by atoms with van der Waals surface area (Å²) >= 11 is 12.1. The standard InChI is InChI=1S/C16H15Cl2NO2S/c1-22(21)10-11-4-2-5-12(8-11)19-16(20)9-13-14(17)6-3-7-15(13)18/h2-8H,9-10H2,1H3,(H,19,20). The Morgan fingerprint density at radius 3 is 2.41 bits per heavy atom. The third kappa shape index (κ3) is 4.83. The van der Waals surface area contributed by atoms with E-state index in [-0.39, 0.29) is 12.3 Å². The highest BCUT2D eigenvalue weighted by molar-refractivity contribution is 7.83. The molecule has 1 N–H and O–H groups in total. The summed E-state index contributed by atoms with van der Waals surface area (Å²) in [6, 6.07) is 12.4. The van der Waals surface area contributed by atoms with E-state index >= 15 is 0 Å². The Kier molecular flexibility index (Phi) is 6.00. The van der Waals surface area contributed by atoms with Crippen LogP contribution in [0.5, 0.6) is 0 Å². The fraction of sp³-hybridized carbons (Fsp3) is 0.188. The average Bonchev–Trinajstić information content (AvgIpc) is 2.42. The molecule has 2 aromatic carbocycles. The molecule has 0 spiro atoms. The van der Waals surface area contributed by atoms with Gasteiger partial charge in [-0.15, -0.1) is 0 Å². The van der Waals surface area contributed by atoms with Gasteiger partial charge in [-0.3, -0.25) is 9.00 Å². The van der Waals surface area contributed by atoms with Crippen molar-refractivity contribution in [1.29, 1.82) is 0 Å². The number of anilines is 1. The van der Waals surface area contributed by atoms with Crippen molar-refractivity contribution in [2.45, 2.75) is 12.2 Å². The number of halogens is 2. The molecule has 6 heteroatoms. The zero-order valence-corrected chi connectivity index (χ0v) is 14.3. The molecular formula is C16H15Cl2NO2S. The lowest BCUT2D eigenvalue weighted by molar-refractivity contribution is -0.115. The predicted molar refractivity (Wildman–Crippen MR) is 93.0 cm³/mol. The molecule has 0 aliphatic carbocycles. The van der Waals surface area contributed by atoms with Gasteiger partial charge >= 0.3 is 0 Å². The molecule has 0 aromatic heterocycles. The van der Waals surface area contributed by atoms with E-state index in [0.717, 1.165) is 5.56 Å². The van der Waals surface area contributed by atoms with Crippen LogP contribution in [0.1, 0.15) is 11.1 Å². The van der Waals surface area contributed by atoms with Gasteiger partial charge in [-0.25, -0.2) is 0 Å². The maximum Gasteiger partial charge on any atom is 0.228 e. The quantitative estimate of drug-likeness (QED) is 0.878. The Morgan fingerprint density at radius 2 is 1.77 bits per heavy atom. The molecular weight excluding hydrogens is 341 g/mol. The largest absolute Gasteiger partial charge is 0.326 e. The van der Waals surface area contributed by atoms with E-state index in [0.29, 0.717) is 27.0 Å². The van der Waals surface area contributed by atoms with Crippen LogP contribution >= 0.6 is 23.2 Å². The Bertz CT molecular complexity index is 699. The Labute approximate surface area is 142 Å². The molecule has 0 radical (unpaired) electrons. The number of carbonyl (C=O) groups excluding carboxylic acids is 1. The van der Waals surface area contributed by atoms with Gasteiger partial charge in [0, 0.05) is 38.5 Å². The number of benzene rings is 2. The first-order valence-electron chi connectivity index (χ1n) is 6.57. The van der Waals surface area contributed by atoms with Crippen LogP contribution in [0.15, 0.2) is 42.5 Å². The highest BCUT2D eigenvalue weighted by Gasteiger charge is 2.11. The molecule has 0 saturated carbocycles. The number of amides is 1. The van der Waals surface area contributed by atoms with Crippen LogP contribution in [-0.2, 0) is 27.8 Å². The molecule has 0 fully saturated rings. The Morgan fingerprint density at radius 1 is 1.14 bits per heavy atom. The molecule has 0 aliphatic rings. The van der Waals surface area contributed by atoms with Crippen LogP contribution in [0.3, 0.4) is 0 Å². The molecule has 22 heavy (non-hydrogen) atoms. The number of rotatable bonds is 5. The van der Waals surface area contributed by atoms with E-state index < -0.39 is 10.8 Å². The molecule has 1 atom stereocenters.